The van der Waals surface area contributed by atoms with Crippen LogP contribution in [0, 0.1) is 0 Å². The minimum absolute atomic E-state index is 0.0731. The van der Waals surface area contributed by atoms with E-state index < -0.39 is 24.4 Å². The first-order valence-electron chi connectivity index (χ1n) is 8.96. The van der Waals surface area contributed by atoms with Crippen molar-refractivity contribution in [2.45, 2.75) is 19.9 Å². The van der Waals surface area contributed by atoms with E-state index in [1.54, 1.807) is 68.4 Å². The Kier molecular flexibility index (Phi) is 5.82. The molecule has 0 saturated heterocycles. The van der Waals surface area contributed by atoms with Crippen molar-refractivity contribution < 1.29 is 19.1 Å². The SMILES string of the molecule is CC(C)n1nc(C(=O)OCC(=O)NC(=O)c2ccccc2)c2ccccc2c1=O. The lowest BCUT2D eigenvalue weighted by Gasteiger charge is -2.13. The maximum Gasteiger partial charge on any atom is 0.359 e. The molecule has 29 heavy (non-hydrogen) atoms. The van der Waals surface area contributed by atoms with Crippen LogP contribution in [0.2, 0.25) is 0 Å². The van der Waals surface area contributed by atoms with E-state index in [2.05, 4.69) is 10.4 Å². The van der Waals surface area contributed by atoms with Gasteiger partial charge in [0.25, 0.3) is 17.4 Å². The van der Waals surface area contributed by atoms with Gasteiger partial charge >= 0.3 is 5.97 Å². The number of benzene rings is 2. The molecular weight excluding hydrogens is 374 g/mol. The van der Waals surface area contributed by atoms with Crippen LogP contribution in [0.1, 0.15) is 40.7 Å². The zero-order valence-electron chi connectivity index (χ0n) is 15.9. The van der Waals surface area contributed by atoms with E-state index in [0.717, 1.165) is 0 Å². The van der Waals surface area contributed by atoms with Crippen LogP contribution >= 0.6 is 0 Å². The van der Waals surface area contributed by atoms with Gasteiger partial charge in [-0.1, -0.05) is 36.4 Å². The van der Waals surface area contributed by atoms with Gasteiger partial charge in [-0.3, -0.25) is 19.7 Å². The Bertz CT molecular complexity index is 1140. The molecule has 2 amide bonds. The van der Waals surface area contributed by atoms with Crippen molar-refractivity contribution in [2.75, 3.05) is 6.61 Å². The average Bonchev–Trinajstić information content (AvgIpc) is 2.73. The Morgan fingerprint density at radius 2 is 1.62 bits per heavy atom. The molecule has 0 unspecified atom stereocenters. The Labute approximate surface area is 166 Å². The van der Waals surface area contributed by atoms with E-state index >= 15 is 0 Å². The maximum absolute atomic E-state index is 12.5. The maximum atomic E-state index is 12.5. The highest BCUT2D eigenvalue weighted by Crippen LogP contribution is 2.15. The van der Waals surface area contributed by atoms with Crippen molar-refractivity contribution in [3.63, 3.8) is 0 Å². The summed E-state index contributed by atoms with van der Waals surface area (Å²) >= 11 is 0. The van der Waals surface area contributed by atoms with Crippen LogP contribution in [0.15, 0.2) is 59.4 Å². The van der Waals surface area contributed by atoms with Gasteiger partial charge < -0.3 is 4.74 Å². The third kappa shape index (κ3) is 4.37. The van der Waals surface area contributed by atoms with Crippen molar-refractivity contribution in [2.24, 2.45) is 0 Å². The lowest BCUT2D eigenvalue weighted by Crippen LogP contribution is -2.34. The molecule has 3 aromatic rings. The van der Waals surface area contributed by atoms with Crippen LogP contribution in [-0.2, 0) is 9.53 Å². The van der Waals surface area contributed by atoms with Crippen LogP contribution in [-0.4, -0.2) is 34.2 Å². The summed E-state index contributed by atoms with van der Waals surface area (Å²) in [6.07, 6.45) is 0. The summed E-state index contributed by atoms with van der Waals surface area (Å²) in [5.74, 6) is -2.23. The zero-order valence-corrected chi connectivity index (χ0v) is 15.9. The number of rotatable bonds is 5. The number of hydrogen-bond acceptors (Lipinski definition) is 6. The molecule has 0 aliphatic heterocycles. The third-order valence-corrected chi connectivity index (χ3v) is 4.13. The normalized spacial score (nSPS) is 10.7. The van der Waals surface area contributed by atoms with Gasteiger partial charge in [-0.2, -0.15) is 5.10 Å². The van der Waals surface area contributed by atoms with Gasteiger partial charge in [0.15, 0.2) is 12.3 Å². The first-order valence-corrected chi connectivity index (χ1v) is 8.96. The van der Waals surface area contributed by atoms with Crippen LogP contribution in [0.25, 0.3) is 10.8 Å². The summed E-state index contributed by atoms with van der Waals surface area (Å²) in [5, 5.41) is 6.92. The molecule has 8 nitrogen and oxygen atoms in total. The smallest absolute Gasteiger partial charge is 0.359 e. The molecule has 0 fully saturated rings. The fraction of sp³-hybridized carbons (Fsp3) is 0.190. The first-order chi connectivity index (χ1) is 13.9. The highest BCUT2D eigenvalue weighted by atomic mass is 16.5. The van der Waals surface area contributed by atoms with Crippen molar-refractivity contribution in [3.05, 3.63) is 76.2 Å². The first kappa shape index (κ1) is 19.9. The summed E-state index contributed by atoms with van der Waals surface area (Å²) in [4.78, 5) is 49.0. The topological polar surface area (TPSA) is 107 Å². The molecule has 0 aliphatic carbocycles. The van der Waals surface area contributed by atoms with E-state index in [-0.39, 0.29) is 17.3 Å². The summed E-state index contributed by atoms with van der Waals surface area (Å²) in [6, 6.07) is 14.5. The van der Waals surface area contributed by atoms with Gasteiger partial charge in [0, 0.05) is 10.9 Å². The predicted molar refractivity (Wildman–Crippen MR) is 106 cm³/mol. The molecule has 0 atom stereocenters. The van der Waals surface area contributed by atoms with Crippen LogP contribution in [0.4, 0.5) is 0 Å². The number of carbonyl (C=O) groups is 3. The van der Waals surface area contributed by atoms with Gasteiger partial charge in [0.2, 0.25) is 0 Å². The monoisotopic (exact) mass is 393 g/mol. The standard InChI is InChI=1S/C21H19N3O5/c1-13(2)24-20(27)16-11-7-6-10-15(16)18(23-24)21(28)29-12-17(25)22-19(26)14-8-4-3-5-9-14/h3-11,13H,12H2,1-2H3,(H,22,25,26). The highest BCUT2D eigenvalue weighted by Gasteiger charge is 2.20. The minimum Gasteiger partial charge on any atom is -0.451 e. The van der Waals surface area contributed by atoms with Crippen LogP contribution < -0.4 is 10.9 Å². The van der Waals surface area contributed by atoms with E-state index in [9.17, 15) is 19.2 Å². The van der Waals surface area contributed by atoms with Crippen molar-refractivity contribution >= 4 is 28.6 Å². The minimum atomic E-state index is -0.863. The number of amides is 2. The van der Waals surface area contributed by atoms with E-state index in [4.69, 9.17) is 4.74 Å². The van der Waals surface area contributed by atoms with Crippen LogP contribution in [0.5, 0.6) is 0 Å². The number of nitrogens with zero attached hydrogens (tertiary/aromatic N) is 2. The molecule has 2 aromatic carbocycles. The summed E-state index contributed by atoms with van der Waals surface area (Å²) in [7, 11) is 0. The number of aromatic nitrogens is 2. The number of ether oxygens (including phenoxy) is 1. The van der Waals surface area contributed by atoms with Crippen molar-refractivity contribution in [1.82, 2.24) is 15.1 Å². The Hall–Kier alpha value is -3.81. The fourth-order valence-electron chi connectivity index (χ4n) is 2.73. The summed E-state index contributed by atoms with van der Waals surface area (Å²) in [5.41, 5.74) is -0.0849. The van der Waals surface area contributed by atoms with Crippen molar-refractivity contribution in [1.29, 1.82) is 0 Å². The van der Waals surface area contributed by atoms with Gasteiger partial charge in [-0.25, -0.2) is 9.48 Å². The second-order valence-electron chi connectivity index (χ2n) is 6.56. The zero-order chi connectivity index (χ0) is 21.0. The van der Waals surface area contributed by atoms with Gasteiger partial charge in [0.1, 0.15) is 0 Å². The van der Waals surface area contributed by atoms with Crippen LogP contribution in [0.3, 0.4) is 0 Å². The number of imide groups is 1. The van der Waals surface area contributed by atoms with Gasteiger partial charge in [-0.05, 0) is 32.0 Å². The Morgan fingerprint density at radius 3 is 2.28 bits per heavy atom. The Morgan fingerprint density at radius 1 is 1.00 bits per heavy atom. The number of fused-ring (bicyclic) bond motifs is 1. The highest BCUT2D eigenvalue weighted by molar-refractivity contribution is 6.06. The number of esters is 1. The van der Waals surface area contributed by atoms with E-state index in [1.807, 2.05) is 0 Å². The molecule has 1 heterocycles. The molecule has 0 saturated carbocycles. The number of hydrogen-bond donors (Lipinski definition) is 1. The molecule has 0 bridgehead atoms. The molecule has 0 radical (unpaired) electrons. The predicted octanol–water partition coefficient (Wildman–Crippen LogP) is 2.09. The quantitative estimate of drug-likeness (QED) is 0.665. The van der Waals surface area contributed by atoms with Gasteiger partial charge in [-0.15, -0.1) is 0 Å². The molecule has 0 spiro atoms. The molecule has 1 aromatic heterocycles. The summed E-state index contributed by atoms with van der Waals surface area (Å²) < 4.78 is 6.22. The lowest BCUT2D eigenvalue weighted by atomic mass is 10.1. The fourth-order valence-corrected chi connectivity index (χ4v) is 2.73. The van der Waals surface area contributed by atoms with E-state index in [1.165, 1.54) is 4.68 Å². The second-order valence-corrected chi connectivity index (χ2v) is 6.56. The number of carbonyl (C=O) groups excluding carboxylic acids is 3. The van der Waals surface area contributed by atoms with E-state index in [0.29, 0.717) is 16.3 Å². The van der Waals surface area contributed by atoms with Crippen molar-refractivity contribution in [3.8, 4) is 0 Å². The average molecular weight is 393 g/mol. The molecular formula is C21H19N3O5. The van der Waals surface area contributed by atoms with Gasteiger partial charge in [0.05, 0.1) is 11.4 Å². The largest absolute Gasteiger partial charge is 0.451 e. The third-order valence-electron chi connectivity index (χ3n) is 4.13. The lowest BCUT2D eigenvalue weighted by molar-refractivity contribution is -0.123. The Balaban J connectivity index is 1.76. The molecule has 8 heteroatoms. The molecule has 148 valence electrons. The molecule has 1 N–H and O–H groups in total. The molecule has 3 rings (SSSR count). The molecule has 0 aliphatic rings. The second kappa shape index (κ2) is 8.47. The summed E-state index contributed by atoms with van der Waals surface area (Å²) in [6.45, 7) is 2.87. The number of nitrogens with one attached hydrogen (secondary N) is 1.